The third-order valence-electron chi connectivity index (χ3n) is 4.46. The lowest BCUT2D eigenvalue weighted by Gasteiger charge is -2.27. The van der Waals surface area contributed by atoms with Crippen molar-refractivity contribution < 1.29 is 32.2 Å². The van der Waals surface area contributed by atoms with Gasteiger partial charge in [-0.05, 0) is 62.6 Å². The number of pyridine rings is 1. The average molecular weight is 422 g/mol. The number of aromatic nitrogens is 1. The molecule has 9 heteroatoms. The van der Waals surface area contributed by atoms with Crippen LogP contribution in [-0.2, 0) is 22.1 Å². The monoisotopic (exact) mass is 422 g/mol. The number of benzene rings is 1. The molecular formula is C21H21F3N2O4. The Morgan fingerprint density at radius 1 is 1.10 bits per heavy atom. The predicted molar refractivity (Wildman–Crippen MR) is 100 cm³/mol. The molecular weight excluding hydrogens is 401 g/mol. The summed E-state index contributed by atoms with van der Waals surface area (Å²) in [6, 6.07) is 7.07. The van der Waals surface area contributed by atoms with Crippen LogP contribution in [0.2, 0.25) is 0 Å². The number of alkyl halides is 3. The van der Waals surface area contributed by atoms with Crippen molar-refractivity contribution in [3.8, 4) is 0 Å². The molecule has 2 atom stereocenters. The molecule has 1 aromatic heterocycles. The summed E-state index contributed by atoms with van der Waals surface area (Å²) in [5.74, 6) is 0. The van der Waals surface area contributed by atoms with Gasteiger partial charge in [-0.1, -0.05) is 12.1 Å². The van der Waals surface area contributed by atoms with Gasteiger partial charge in [-0.2, -0.15) is 13.2 Å². The maximum absolute atomic E-state index is 12.8. The fourth-order valence-electron chi connectivity index (χ4n) is 3.15. The summed E-state index contributed by atoms with van der Waals surface area (Å²) in [4.78, 5) is 30.0. The minimum Gasteiger partial charge on any atom is -0.443 e. The van der Waals surface area contributed by atoms with E-state index in [0.717, 1.165) is 17.0 Å². The number of carbonyl (C=O) groups excluding carboxylic acids is 2. The maximum atomic E-state index is 12.8. The van der Waals surface area contributed by atoms with Gasteiger partial charge in [0.2, 0.25) is 0 Å². The molecule has 0 N–H and O–H groups in total. The molecule has 3 rings (SSSR count). The van der Waals surface area contributed by atoms with Crippen molar-refractivity contribution in [2.75, 3.05) is 0 Å². The standard InChI is InChI=1S/C21H21F3N2O4/c1-20(2,3)30-19(28)26-16(12-13-4-6-15(7-5-13)21(22,23)24)17(29-18(26)27)14-8-10-25-11-9-14/h4-11,16-17H,12H2,1-3H3. The first-order valence-corrected chi connectivity index (χ1v) is 9.24. The molecule has 2 unspecified atom stereocenters. The van der Waals surface area contributed by atoms with Gasteiger partial charge in [0.15, 0.2) is 6.10 Å². The van der Waals surface area contributed by atoms with Gasteiger partial charge >= 0.3 is 18.4 Å². The Balaban J connectivity index is 1.92. The topological polar surface area (TPSA) is 68.7 Å². The fraction of sp³-hybridized carbons (Fsp3) is 0.381. The number of carbonyl (C=O) groups is 2. The lowest BCUT2D eigenvalue weighted by Crippen LogP contribution is -2.43. The Morgan fingerprint density at radius 3 is 2.23 bits per heavy atom. The van der Waals surface area contributed by atoms with E-state index in [1.807, 2.05) is 0 Å². The zero-order valence-electron chi connectivity index (χ0n) is 16.6. The number of imide groups is 1. The largest absolute Gasteiger partial charge is 0.443 e. The van der Waals surface area contributed by atoms with E-state index in [4.69, 9.17) is 9.47 Å². The number of hydrogen-bond donors (Lipinski definition) is 0. The maximum Gasteiger partial charge on any atom is 0.420 e. The van der Waals surface area contributed by atoms with Crippen LogP contribution < -0.4 is 0 Å². The smallest absolute Gasteiger partial charge is 0.420 e. The Kier molecular flexibility index (Phi) is 5.74. The molecule has 2 heterocycles. The van der Waals surface area contributed by atoms with E-state index in [0.29, 0.717) is 11.1 Å². The second-order valence-corrected chi connectivity index (χ2v) is 7.90. The van der Waals surface area contributed by atoms with Crippen molar-refractivity contribution >= 4 is 12.2 Å². The molecule has 1 aliphatic rings. The zero-order chi connectivity index (χ0) is 22.1. The SMILES string of the molecule is CC(C)(C)OC(=O)N1C(=O)OC(c2ccncc2)C1Cc1ccc(C(F)(F)F)cc1. The van der Waals surface area contributed by atoms with E-state index in [1.165, 1.54) is 24.5 Å². The first kappa shape index (κ1) is 21.6. The van der Waals surface area contributed by atoms with Gasteiger partial charge in [0, 0.05) is 12.4 Å². The summed E-state index contributed by atoms with van der Waals surface area (Å²) in [7, 11) is 0. The van der Waals surface area contributed by atoms with Crippen molar-refractivity contribution in [1.82, 2.24) is 9.88 Å². The van der Waals surface area contributed by atoms with Gasteiger partial charge in [0.1, 0.15) is 5.60 Å². The van der Waals surface area contributed by atoms with Gasteiger partial charge in [0.05, 0.1) is 11.6 Å². The quantitative estimate of drug-likeness (QED) is 0.685. The molecule has 2 amide bonds. The van der Waals surface area contributed by atoms with E-state index in [2.05, 4.69) is 4.98 Å². The highest BCUT2D eigenvalue weighted by Crippen LogP contribution is 2.36. The molecule has 1 fully saturated rings. The fourth-order valence-corrected chi connectivity index (χ4v) is 3.15. The van der Waals surface area contributed by atoms with Crippen molar-refractivity contribution in [3.63, 3.8) is 0 Å². The molecule has 1 aromatic carbocycles. The summed E-state index contributed by atoms with van der Waals surface area (Å²) in [5.41, 5.74) is -0.495. The third kappa shape index (κ3) is 4.90. The van der Waals surface area contributed by atoms with Gasteiger partial charge in [-0.3, -0.25) is 4.98 Å². The Hall–Kier alpha value is -3.10. The van der Waals surface area contributed by atoms with Crippen LogP contribution >= 0.6 is 0 Å². The van der Waals surface area contributed by atoms with E-state index in [9.17, 15) is 22.8 Å². The highest BCUT2D eigenvalue weighted by atomic mass is 19.4. The van der Waals surface area contributed by atoms with Crippen molar-refractivity contribution in [2.45, 2.75) is 51.1 Å². The van der Waals surface area contributed by atoms with Crippen LogP contribution in [0.5, 0.6) is 0 Å². The molecule has 2 aromatic rings. The molecule has 1 aliphatic heterocycles. The predicted octanol–water partition coefficient (Wildman–Crippen LogP) is 5.14. The van der Waals surface area contributed by atoms with E-state index in [-0.39, 0.29) is 6.42 Å². The van der Waals surface area contributed by atoms with Crippen molar-refractivity contribution in [1.29, 1.82) is 0 Å². The number of cyclic esters (lactones) is 1. The Bertz CT molecular complexity index is 909. The van der Waals surface area contributed by atoms with Crippen LogP contribution in [0.15, 0.2) is 48.8 Å². The molecule has 0 aliphatic carbocycles. The Labute approximate surface area is 171 Å². The molecule has 0 saturated carbocycles. The van der Waals surface area contributed by atoms with Gasteiger partial charge < -0.3 is 9.47 Å². The molecule has 0 radical (unpaired) electrons. The van der Waals surface area contributed by atoms with Gasteiger partial charge in [-0.15, -0.1) is 0 Å². The van der Waals surface area contributed by atoms with Gasteiger partial charge in [0.25, 0.3) is 0 Å². The normalized spacial score (nSPS) is 19.5. The third-order valence-corrected chi connectivity index (χ3v) is 4.46. The molecule has 1 saturated heterocycles. The molecule has 30 heavy (non-hydrogen) atoms. The lowest BCUT2D eigenvalue weighted by atomic mass is 9.96. The number of hydrogen-bond acceptors (Lipinski definition) is 5. The van der Waals surface area contributed by atoms with Crippen molar-refractivity contribution in [2.24, 2.45) is 0 Å². The first-order valence-electron chi connectivity index (χ1n) is 9.24. The second-order valence-electron chi connectivity index (χ2n) is 7.90. The van der Waals surface area contributed by atoms with Crippen molar-refractivity contribution in [3.05, 3.63) is 65.5 Å². The first-order chi connectivity index (χ1) is 14.0. The number of rotatable bonds is 3. The number of amides is 2. The van der Waals surface area contributed by atoms with Crippen LogP contribution in [0.1, 0.15) is 43.6 Å². The van der Waals surface area contributed by atoms with Crippen LogP contribution in [-0.4, -0.2) is 33.7 Å². The number of halogens is 3. The van der Waals surface area contributed by atoms with Crippen LogP contribution in [0, 0.1) is 0 Å². The highest BCUT2D eigenvalue weighted by Gasteiger charge is 2.47. The van der Waals surface area contributed by atoms with E-state index in [1.54, 1.807) is 32.9 Å². The Morgan fingerprint density at radius 2 is 1.70 bits per heavy atom. The summed E-state index contributed by atoms with van der Waals surface area (Å²) in [5, 5.41) is 0. The number of ether oxygens (including phenoxy) is 2. The molecule has 0 spiro atoms. The average Bonchev–Trinajstić information content (AvgIpc) is 2.97. The van der Waals surface area contributed by atoms with Gasteiger partial charge in [-0.25, -0.2) is 14.5 Å². The molecule has 160 valence electrons. The lowest BCUT2D eigenvalue weighted by molar-refractivity contribution is -0.137. The van der Waals surface area contributed by atoms with E-state index < -0.39 is 41.7 Å². The van der Waals surface area contributed by atoms with E-state index >= 15 is 0 Å². The zero-order valence-corrected chi connectivity index (χ0v) is 16.6. The minimum atomic E-state index is -4.45. The second kappa shape index (κ2) is 7.97. The summed E-state index contributed by atoms with van der Waals surface area (Å²) in [6.07, 6.45) is -3.87. The molecule has 6 nitrogen and oxygen atoms in total. The highest BCUT2D eigenvalue weighted by molar-refractivity contribution is 5.90. The minimum absolute atomic E-state index is 0.0934. The summed E-state index contributed by atoms with van der Waals surface area (Å²) < 4.78 is 49.3. The molecule has 0 bridgehead atoms. The van der Waals surface area contributed by atoms with Crippen LogP contribution in [0.4, 0.5) is 22.8 Å². The number of nitrogens with zero attached hydrogens (tertiary/aromatic N) is 2. The summed E-state index contributed by atoms with van der Waals surface area (Å²) >= 11 is 0. The van der Waals surface area contributed by atoms with Crippen LogP contribution in [0.3, 0.4) is 0 Å². The summed E-state index contributed by atoms with van der Waals surface area (Å²) in [6.45, 7) is 4.99. The van der Waals surface area contributed by atoms with Crippen LogP contribution in [0.25, 0.3) is 0 Å².